The summed E-state index contributed by atoms with van der Waals surface area (Å²) in [6.07, 6.45) is 0. The molecule has 0 radical (unpaired) electrons. The van der Waals surface area contributed by atoms with Crippen LogP contribution in [-0.2, 0) is 5.88 Å². The van der Waals surface area contributed by atoms with Crippen molar-refractivity contribution in [3.63, 3.8) is 0 Å². The Morgan fingerprint density at radius 2 is 2.20 bits per heavy atom. The van der Waals surface area contributed by atoms with E-state index in [2.05, 4.69) is 0 Å². The topological polar surface area (TPSA) is 80.4 Å². The highest BCUT2D eigenvalue weighted by molar-refractivity contribution is 6.17. The Bertz CT molecular complexity index is 430. The first-order valence-electron chi connectivity index (χ1n) is 4.04. The lowest BCUT2D eigenvalue weighted by molar-refractivity contribution is -0.384. The zero-order valence-corrected chi connectivity index (χ0v) is 8.61. The number of nitrogens with zero attached hydrogens (tertiary/aromatic N) is 1. The quantitative estimate of drug-likeness (QED) is 0.490. The molecule has 1 rings (SSSR count). The molecule has 0 aliphatic heterocycles. The molecular formula is C9H8ClNO4. The average molecular weight is 230 g/mol. The van der Waals surface area contributed by atoms with Gasteiger partial charge in [-0.3, -0.25) is 10.1 Å². The first-order valence-corrected chi connectivity index (χ1v) is 4.58. The van der Waals surface area contributed by atoms with Gasteiger partial charge in [0, 0.05) is 18.0 Å². The Balaban J connectivity index is 3.45. The largest absolute Gasteiger partial charge is 0.478 e. The van der Waals surface area contributed by atoms with Crippen LogP contribution in [0.15, 0.2) is 12.1 Å². The van der Waals surface area contributed by atoms with E-state index in [4.69, 9.17) is 16.7 Å². The highest BCUT2D eigenvalue weighted by Crippen LogP contribution is 2.23. The molecule has 0 aliphatic rings. The van der Waals surface area contributed by atoms with Crippen LogP contribution in [0.3, 0.4) is 0 Å². The second-order valence-corrected chi connectivity index (χ2v) is 3.25. The van der Waals surface area contributed by atoms with E-state index in [1.165, 1.54) is 6.07 Å². The number of non-ortho nitro benzene ring substituents is 1. The zero-order chi connectivity index (χ0) is 11.6. The van der Waals surface area contributed by atoms with Crippen LogP contribution < -0.4 is 0 Å². The summed E-state index contributed by atoms with van der Waals surface area (Å²) in [5, 5.41) is 19.4. The molecular weight excluding hydrogens is 222 g/mol. The van der Waals surface area contributed by atoms with E-state index in [-0.39, 0.29) is 17.1 Å². The third-order valence-corrected chi connectivity index (χ3v) is 2.30. The van der Waals surface area contributed by atoms with Crippen LogP contribution in [0.2, 0.25) is 0 Å². The summed E-state index contributed by atoms with van der Waals surface area (Å²) < 4.78 is 0. The van der Waals surface area contributed by atoms with Crippen molar-refractivity contribution in [2.45, 2.75) is 12.8 Å². The Morgan fingerprint density at radius 3 is 2.60 bits per heavy atom. The number of nitro groups is 1. The SMILES string of the molecule is Cc1cc([N+](=O)[O-])cc(C(=O)O)c1CCl. The van der Waals surface area contributed by atoms with Gasteiger partial charge in [0.05, 0.1) is 10.5 Å². The number of nitro benzene ring substituents is 1. The van der Waals surface area contributed by atoms with Crippen molar-refractivity contribution < 1.29 is 14.8 Å². The van der Waals surface area contributed by atoms with Gasteiger partial charge in [-0.1, -0.05) is 0 Å². The van der Waals surface area contributed by atoms with Gasteiger partial charge in [-0.05, 0) is 18.1 Å². The lowest BCUT2D eigenvalue weighted by atomic mass is 10.0. The van der Waals surface area contributed by atoms with Crippen LogP contribution in [0, 0.1) is 17.0 Å². The van der Waals surface area contributed by atoms with Gasteiger partial charge in [0.2, 0.25) is 0 Å². The van der Waals surface area contributed by atoms with Crippen LogP contribution >= 0.6 is 11.6 Å². The molecule has 0 atom stereocenters. The predicted molar refractivity (Wildman–Crippen MR) is 54.3 cm³/mol. The number of halogens is 1. The molecule has 15 heavy (non-hydrogen) atoms. The van der Waals surface area contributed by atoms with Gasteiger partial charge in [-0.15, -0.1) is 11.6 Å². The van der Waals surface area contributed by atoms with E-state index in [0.717, 1.165) is 6.07 Å². The van der Waals surface area contributed by atoms with Crippen molar-refractivity contribution in [1.29, 1.82) is 0 Å². The maximum absolute atomic E-state index is 10.8. The third kappa shape index (κ3) is 2.24. The standard InChI is InChI=1S/C9H8ClNO4/c1-5-2-6(11(14)15)3-7(9(12)13)8(5)4-10/h2-3H,4H2,1H3,(H,12,13). The lowest BCUT2D eigenvalue weighted by Gasteiger charge is -2.06. The summed E-state index contributed by atoms with van der Waals surface area (Å²) in [6.45, 7) is 1.59. The van der Waals surface area contributed by atoms with Crippen LogP contribution in [0.4, 0.5) is 5.69 Å². The number of alkyl halides is 1. The first kappa shape index (κ1) is 11.5. The molecule has 0 heterocycles. The third-order valence-electron chi connectivity index (χ3n) is 2.03. The highest BCUT2D eigenvalue weighted by Gasteiger charge is 2.17. The number of hydrogen-bond donors (Lipinski definition) is 1. The molecule has 1 N–H and O–H groups in total. The van der Waals surface area contributed by atoms with E-state index in [1.54, 1.807) is 6.92 Å². The smallest absolute Gasteiger partial charge is 0.336 e. The molecule has 0 saturated heterocycles. The number of carbonyl (C=O) groups is 1. The van der Waals surface area contributed by atoms with Crippen molar-refractivity contribution in [3.05, 3.63) is 38.9 Å². The van der Waals surface area contributed by atoms with E-state index in [9.17, 15) is 14.9 Å². The van der Waals surface area contributed by atoms with Crippen molar-refractivity contribution in [2.24, 2.45) is 0 Å². The second kappa shape index (κ2) is 4.27. The molecule has 0 unspecified atom stereocenters. The van der Waals surface area contributed by atoms with Gasteiger partial charge < -0.3 is 5.11 Å². The Kier molecular flexibility index (Phi) is 3.26. The fourth-order valence-electron chi connectivity index (χ4n) is 1.27. The van der Waals surface area contributed by atoms with Crippen LogP contribution in [-0.4, -0.2) is 16.0 Å². The van der Waals surface area contributed by atoms with Crippen molar-refractivity contribution >= 4 is 23.3 Å². The minimum absolute atomic E-state index is 0.0193. The van der Waals surface area contributed by atoms with Crippen LogP contribution in [0.5, 0.6) is 0 Å². The van der Waals surface area contributed by atoms with Crippen LogP contribution in [0.1, 0.15) is 21.5 Å². The number of hydrogen-bond acceptors (Lipinski definition) is 3. The predicted octanol–water partition coefficient (Wildman–Crippen LogP) is 2.34. The fraction of sp³-hybridized carbons (Fsp3) is 0.222. The molecule has 0 amide bonds. The van der Waals surface area contributed by atoms with Crippen LogP contribution in [0.25, 0.3) is 0 Å². The summed E-state index contributed by atoms with van der Waals surface area (Å²) in [6, 6.07) is 2.33. The Hall–Kier alpha value is -1.62. The number of carboxylic acid groups (broad SMARTS) is 1. The lowest BCUT2D eigenvalue weighted by Crippen LogP contribution is -2.04. The first-order chi connectivity index (χ1) is 6.97. The summed E-state index contributed by atoms with van der Waals surface area (Å²) in [5.74, 6) is -1.19. The number of aromatic carboxylic acids is 1. The molecule has 80 valence electrons. The molecule has 0 bridgehead atoms. The minimum Gasteiger partial charge on any atom is -0.478 e. The molecule has 5 nitrogen and oxygen atoms in total. The maximum atomic E-state index is 10.8. The number of carboxylic acids is 1. The summed E-state index contributed by atoms with van der Waals surface area (Å²) in [7, 11) is 0. The zero-order valence-electron chi connectivity index (χ0n) is 7.86. The van der Waals surface area contributed by atoms with Crippen molar-refractivity contribution in [1.82, 2.24) is 0 Å². The Morgan fingerprint density at radius 1 is 1.60 bits per heavy atom. The molecule has 0 saturated carbocycles. The second-order valence-electron chi connectivity index (χ2n) is 2.98. The van der Waals surface area contributed by atoms with Gasteiger partial charge in [0.1, 0.15) is 0 Å². The molecule has 1 aromatic rings. The van der Waals surface area contributed by atoms with E-state index < -0.39 is 10.9 Å². The summed E-state index contributed by atoms with van der Waals surface area (Å²) in [4.78, 5) is 20.7. The molecule has 0 aliphatic carbocycles. The average Bonchev–Trinajstić information content (AvgIpc) is 2.16. The van der Waals surface area contributed by atoms with Gasteiger partial charge >= 0.3 is 5.97 Å². The van der Waals surface area contributed by atoms with Gasteiger partial charge in [-0.2, -0.15) is 0 Å². The number of benzene rings is 1. The van der Waals surface area contributed by atoms with E-state index in [0.29, 0.717) is 11.1 Å². The van der Waals surface area contributed by atoms with Gasteiger partial charge in [0.25, 0.3) is 5.69 Å². The van der Waals surface area contributed by atoms with Gasteiger partial charge in [0.15, 0.2) is 0 Å². The number of aryl methyl sites for hydroxylation is 1. The van der Waals surface area contributed by atoms with E-state index in [1.807, 2.05) is 0 Å². The Labute approximate surface area is 90.4 Å². The summed E-state index contributed by atoms with van der Waals surface area (Å²) >= 11 is 5.58. The monoisotopic (exact) mass is 229 g/mol. The maximum Gasteiger partial charge on any atom is 0.336 e. The van der Waals surface area contributed by atoms with Crippen molar-refractivity contribution in [3.8, 4) is 0 Å². The number of rotatable bonds is 3. The van der Waals surface area contributed by atoms with Crippen molar-refractivity contribution in [2.75, 3.05) is 0 Å². The summed E-state index contributed by atoms with van der Waals surface area (Å²) in [5.41, 5.74) is 0.571. The molecule has 0 spiro atoms. The highest BCUT2D eigenvalue weighted by atomic mass is 35.5. The fourth-order valence-corrected chi connectivity index (χ4v) is 1.63. The van der Waals surface area contributed by atoms with E-state index >= 15 is 0 Å². The normalized spacial score (nSPS) is 10.0. The molecule has 0 fully saturated rings. The minimum atomic E-state index is -1.21. The molecule has 6 heteroatoms. The van der Waals surface area contributed by atoms with Gasteiger partial charge in [-0.25, -0.2) is 4.79 Å². The molecule has 1 aromatic carbocycles. The molecule has 0 aromatic heterocycles.